The zero-order valence-electron chi connectivity index (χ0n) is 15.0. The summed E-state index contributed by atoms with van der Waals surface area (Å²) in [5.41, 5.74) is 2.76. The van der Waals surface area contributed by atoms with Crippen molar-refractivity contribution in [3.05, 3.63) is 65.2 Å². The predicted octanol–water partition coefficient (Wildman–Crippen LogP) is 3.53. The molecule has 26 heavy (non-hydrogen) atoms. The van der Waals surface area contributed by atoms with Crippen LogP contribution in [0.5, 0.6) is 5.75 Å². The Morgan fingerprint density at radius 2 is 1.69 bits per heavy atom. The minimum Gasteiger partial charge on any atom is -0.382 e. The van der Waals surface area contributed by atoms with Gasteiger partial charge in [-0.3, -0.25) is 4.79 Å². The molecule has 0 atom stereocenters. The van der Waals surface area contributed by atoms with Gasteiger partial charge in [0.1, 0.15) is 5.75 Å². The van der Waals surface area contributed by atoms with E-state index in [0.29, 0.717) is 17.9 Å². The number of hydrogen-bond acceptors (Lipinski definition) is 4. The van der Waals surface area contributed by atoms with Gasteiger partial charge in [0.15, 0.2) is 0 Å². The summed E-state index contributed by atoms with van der Waals surface area (Å²) in [4.78, 5) is 14.7. The molecule has 0 N–H and O–H groups in total. The fraction of sp³-hybridized carbons (Fsp3) is 0.350. The second-order valence-electron chi connectivity index (χ2n) is 6.60. The minimum absolute atomic E-state index is 0.0291. The van der Waals surface area contributed by atoms with Gasteiger partial charge in [-0.1, -0.05) is 29.8 Å². The summed E-state index contributed by atoms with van der Waals surface area (Å²) in [6.45, 7) is 4.03. The third-order valence-electron chi connectivity index (χ3n) is 4.40. The summed E-state index contributed by atoms with van der Waals surface area (Å²) in [6.07, 6.45) is 2.04. The van der Waals surface area contributed by atoms with E-state index in [1.807, 2.05) is 36.1 Å². The highest BCUT2D eigenvalue weighted by molar-refractivity contribution is 7.87. The highest BCUT2D eigenvalue weighted by Crippen LogP contribution is 2.30. The van der Waals surface area contributed by atoms with Crippen molar-refractivity contribution in [3.8, 4) is 5.75 Å². The lowest BCUT2D eigenvalue weighted by atomic mass is 10.1. The third-order valence-corrected chi connectivity index (χ3v) is 5.55. The van der Waals surface area contributed by atoms with E-state index in [-0.39, 0.29) is 17.7 Å². The topological polar surface area (TPSA) is 63.7 Å². The molecule has 0 bridgehead atoms. The maximum Gasteiger partial charge on any atom is 0.308 e. The Morgan fingerprint density at radius 3 is 2.23 bits per heavy atom. The molecule has 138 valence electrons. The molecule has 0 unspecified atom stereocenters. The quantitative estimate of drug-likeness (QED) is 0.697. The number of nitrogens with zero attached hydrogens (tertiary/aromatic N) is 1. The molecule has 3 rings (SSSR count). The lowest BCUT2D eigenvalue weighted by Gasteiger charge is -2.23. The average molecular weight is 373 g/mol. The number of aryl methyl sites for hydroxylation is 1. The Kier molecular flexibility index (Phi) is 5.32. The first-order valence-electron chi connectivity index (χ1n) is 8.76. The number of carbonyl (C=O) groups is 1. The first-order chi connectivity index (χ1) is 12.4. The Hall–Kier alpha value is -2.34. The Morgan fingerprint density at radius 1 is 1.08 bits per heavy atom. The van der Waals surface area contributed by atoms with Crippen molar-refractivity contribution in [2.45, 2.75) is 39.3 Å². The number of hydrogen-bond donors (Lipinski definition) is 0. The molecule has 0 aromatic heterocycles. The maximum absolute atomic E-state index is 12.9. The zero-order valence-corrected chi connectivity index (χ0v) is 15.8. The van der Waals surface area contributed by atoms with E-state index in [9.17, 15) is 13.2 Å². The molecule has 1 amide bonds. The molecule has 0 radical (unpaired) electrons. The van der Waals surface area contributed by atoms with Gasteiger partial charge >= 0.3 is 10.1 Å². The van der Waals surface area contributed by atoms with E-state index >= 15 is 0 Å². The van der Waals surface area contributed by atoms with Gasteiger partial charge in [-0.2, -0.15) is 8.42 Å². The molecule has 1 saturated carbocycles. The van der Waals surface area contributed by atoms with Gasteiger partial charge in [0.2, 0.25) is 0 Å². The second kappa shape index (κ2) is 7.50. The summed E-state index contributed by atoms with van der Waals surface area (Å²) < 4.78 is 28.0. The first-order valence-corrected chi connectivity index (χ1v) is 10.3. The van der Waals surface area contributed by atoms with Crippen LogP contribution < -0.4 is 4.18 Å². The van der Waals surface area contributed by atoms with Crippen molar-refractivity contribution in [1.29, 1.82) is 0 Å². The van der Waals surface area contributed by atoms with Crippen LogP contribution in [-0.4, -0.2) is 31.0 Å². The molecule has 2 aromatic carbocycles. The Bertz CT molecular complexity index is 869. The molecule has 5 nitrogen and oxygen atoms in total. The molecule has 1 fully saturated rings. The molecule has 0 saturated heterocycles. The van der Waals surface area contributed by atoms with Gasteiger partial charge in [-0.15, -0.1) is 0 Å². The van der Waals surface area contributed by atoms with E-state index < -0.39 is 10.1 Å². The average Bonchev–Trinajstić information content (AvgIpc) is 3.46. The fourth-order valence-corrected chi connectivity index (χ4v) is 3.19. The minimum atomic E-state index is -3.53. The molecule has 2 aromatic rings. The van der Waals surface area contributed by atoms with Crippen molar-refractivity contribution >= 4 is 16.0 Å². The molecule has 0 spiro atoms. The van der Waals surface area contributed by atoms with Crippen molar-refractivity contribution < 1.29 is 17.4 Å². The van der Waals surface area contributed by atoms with Crippen LogP contribution in [0.25, 0.3) is 0 Å². The number of benzene rings is 2. The number of rotatable bonds is 7. The van der Waals surface area contributed by atoms with Gasteiger partial charge in [0.05, 0.1) is 5.75 Å². The molecule has 6 heteroatoms. The summed E-state index contributed by atoms with van der Waals surface area (Å²) in [5.74, 6) is 0.245. The van der Waals surface area contributed by atoms with Crippen LogP contribution in [0, 0.1) is 6.92 Å². The van der Waals surface area contributed by atoms with Gasteiger partial charge in [-0.25, -0.2) is 0 Å². The van der Waals surface area contributed by atoms with Crippen LogP contribution in [0.1, 0.15) is 41.3 Å². The smallest absolute Gasteiger partial charge is 0.308 e. The SMILES string of the molecule is CCS(=O)(=O)Oc1ccc(CN(C(=O)c2ccc(C)cc2)C2CC2)cc1. The second-order valence-corrected chi connectivity index (χ2v) is 8.46. The highest BCUT2D eigenvalue weighted by atomic mass is 32.2. The van der Waals surface area contributed by atoms with Gasteiger partial charge in [0, 0.05) is 18.2 Å². The van der Waals surface area contributed by atoms with E-state index in [4.69, 9.17) is 4.18 Å². The van der Waals surface area contributed by atoms with Crippen molar-refractivity contribution in [1.82, 2.24) is 4.90 Å². The normalized spacial score (nSPS) is 14.1. The number of amides is 1. The predicted molar refractivity (Wildman–Crippen MR) is 101 cm³/mol. The van der Waals surface area contributed by atoms with Crippen molar-refractivity contribution in [2.24, 2.45) is 0 Å². The Labute approximate surface area is 154 Å². The van der Waals surface area contributed by atoms with E-state index in [0.717, 1.165) is 24.0 Å². The first kappa shape index (κ1) is 18.5. The summed E-state index contributed by atoms with van der Waals surface area (Å²) in [7, 11) is -3.53. The molecular formula is C20H23NO4S. The molecule has 0 heterocycles. The van der Waals surface area contributed by atoms with Crippen LogP contribution in [0.15, 0.2) is 48.5 Å². The van der Waals surface area contributed by atoms with Crippen LogP contribution in [0.4, 0.5) is 0 Å². The fourth-order valence-electron chi connectivity index (χ4n) is 2.67. The van der Waals surface area contributed by atoms with Crippen LogP contribution in [-0.2, 0) is 16.7 Å². The molecular weight excluding hydrogens is 350 g/mol. The standard InChI is InChI=1S/C20H23NO4S/c1-3-26(23,24)25-19-12-6-16(7-13-19)14-21(18-10-11-18)20(22)17-8-4-15(2)5-9-17/h4-9,12-13,18H,3,10-11,14H2,1-2H3. The number of carbonyl (C=O) groups excluding carboxylic acids is 1. The van der Waals surface area contributed by atoms with Gasteiger partial charge in [-0.05, 0) is 56.5 Å². The van der Waals surface area contributed by atoms with Crippen LogP contribution in [0.2, 0.25) is 0 Å². The molecule has 1 aliphatic carbocycles. The van der Waals surface area contributed by atoms with Crippen LogP contribution >= 0.6 is 0 Å². The van der Waals surface area contributed by atoms with Crippen molar-refractivity contribution in [2.75, 3.05) is 5.75 Å². The van der Waals surface area contributed by atoms with Gasteiger partial charge in [0.25, 0.3) is 5.91 Å². The van der Waals surface area contributed by atoms with Crippen LogP contribution in [0.3, 0.4) is 0 Å². The largest absolute Gasteiger partial charge is 0.382 e. The lowest BCUT2D eigenvalue weighted by molar-refractivity contribution is 0.0730. The zero-order chi connectivity index (χ0) is 18.7. The van der Waals surface area contributed by atoms with Gasteiger partial charge < -0.3 is 9.08 Å². The molecule has 0 aliphatic heterocycles. The van der Waals surface area contributed by atoms with E-state index in [2.05, 4.69) is 0 Å². The summed E-state index contributed by atoms with van der Waals surface area (Å²) in [5, 5.41) is 0. The van der Waals surface area contributed by atoms with Crippen molar-refractivity contribution in [3.63, 3.8) is 0 Å². The lowest BCUT2D eigenvalue weighted by Crippen LogP contribution is -2.32. The maximum atomic E-state index is 12.9. The Balaban J connectivity index is 1.72. The highest BCUT2D eigenvalue weighted by Gasteiger charge is 2.33. The van der Waals surface area contributed by atoms with E-state index in [1.165, 1.54) is 6.92 Å². The monoisotopic (exact) mass is 373 g/mol. The van der Waals surface area contributed by atoms with E-state index in [1.54, 1.807) is 24.3 Å². The molecule has 1 aliphatic rings. The summed E-state index contributed by atoms with van der Waals surface area (Å²) >= 11 is 0. The third kappa shape index (κ3) is 4.64. The summed E-state index contributed by atoms with van der Waals surface area (Å²) in [6, 6.07) is 14.8.